The number of rotatable bonds is 7. The van der Waals surface area contributed by atoms with E-state index in [1.165, 1.54) is 0 Å². The number of aromatic nitrogens is 2. The van der Waals surface area contributed by atoms with E-state index in [1.807, 2.05) is 37.3 Å². The summed E-state index contributed by atoms with van der Waals surface area (Å²) in [4.78, 5) is 30.3. The second-order valence-corrected chi connectivity index (χ2v) is 6.93. The van der Waals surface area contributed by atoms with Crippen LogP contribution in [0.3, 0.4) is 0 Å². The lowest BCUT2D eigenvalue weighted by Crippen LogP contribution is -2.39. The van der Waals surface area contributed by atoms with Gasteiger partial charge in [-0.3, -0.25) is 9.59 Å². The quantitative estimate of drug-likeness (QED) is 0.648. The Balaban J connectivity index is 1.43. The smallest absolute Gasteiger partial charge is 0.316 e. The molecule has 0 unspecified atom stereocenters. The van der Waals surface area contributed by atoms with Crippen molar-refractivity contribution in [2.75, 3.05) is 24.6 Å². The molecule has 2 aromatic carbocycles. The fourth-order valence-electron chi connectivity index (χ4n) is 3.29. The first kappa shape index (κ1) is 19.6. The van der Waals surface area contributed by atoms with Crippen molar-refractivity contribution in [2.24, 2.45) is 0 Å². The summed E-state index contributed by atoms with van der Waals surface area (Å²) in [5.41, 5.74) is 2.50. The molecule has 154 valence electrons. The standard InChI is InChI=1S/C22H22N4O4/c1-2-12-26-17-9-8-16(13-18(17)29-14-19(26)27)20-24-22(30-25-20)21(28)23-11-10-15-6-4-3-5-7-15/h3-9,13H,2,10-12,14H2,1H3,(H,23,28). The van der Waals surface area contributed by atoms with Gasteiger partial charge in [-0.05, 0) is 36.6 Å². The molecule has 0 fully saturated rings. The molecule has 0 aliphatic carbocycles. The van der Waals surface area contributed by atoms with Crippen molar-refractivity contribution in [3.8, 4) is 17.1 Å². The molecule has 0 radical (unpaired) electrons. The second-order valence-electron chi connectivity index (χ2n) is 6.93. The maximum atomic E-state index is 12.3. The van der Waals surface area contributed by atoms with Crippen molar-refractivity contribution in [2.45, 2.75) is 19.8 Å². The Morgan fingerprint density at radius 3 is 2.83 bits per heavy atom. The van der Waals surface area contributed by atoms with Gasteiger partial charge in [0, 0.05) is 18.7 Å². The molecule has 1 aliphatic heterocycles. The van der Waals surface area contributed by atoms with Gasteiger partial charge in [0.25, 0.3) is 5.91 Å². The van der Waals surface area contributed by atoms with Gasteiger partial charge >= 0.3 is 11.8 Å². The summed E-state index contributed by atoms with van der Waals surface area (Å²) < 4.78 is 10.7. The Bertz CT molecular complexity index is 1050. The average Bonchev–Trinajstić information content (AvgIpc) is 3.27. The number of amides is 2. The van der Waals surface area contributed by atoms with E-state index in [1.54, 1.807) is 23.1 Å². The topological polar surface area (TPSA) is 97.6 Å². The van der Waals surface area contributed by atoms with Crippen molar-refractivity contribution in [3.05, 3.63) is 60.0 Å². The first-order chi connectivity index (χ1) is 14.7. The van der Waals surface area contributed by atoms with Gasteiger partial charge in [-0.25, -0.2) is 0 Å². The van der Waals surface area contributed by atoms with Crippen LogP contribution in [0.4, 0.5) is 5.69 Å². The van der Waals surface area contributed by atoms with E-state index in [0.717, 1.165) is 17.7 Å². The van der Waals surface area contributed by atoms with Crippen molar-refractivity contribution in [1.29, 1.82) is 0 Å². The zero-order valence-corrected chi connectivity index (χ0v) is 16.6. The van der Waals surface area contributed by atoms with Crippen molar-refractivity contribution in [3.63, 3.8) is 0 Å². The molecular formula is C22H22N4O4. The van der Waals surface area contributed by atoms with E-state index in [2.05, 4.69) is 15.5 Å². The molecule has 2 amide bonds. The Kier molecular flexibility index (Phi) is 5.74. The SMILES string of the molecule is CCCN1C(=O)COc2cc(-c3noc(C(=O)NCCc4ccccc4)n3)ccc21. The molecular weight excluding hydrogens is 384 g/mol. The van der Waals surface area contributed by atoms with Crippen LogP contribution < -0.4 is 15.0 Å². The van der Waals surface area contributed by atoms with Crippen LogP contribution in [0.25, 0.3) is 11.4 Å². The second kappa shape index (κ2) is 8.77. The number of hydrogen-bond acceptors (Lipinski definition) is 6. The Labute approximate surface area is 173 Å². The molecule has 3 aromatic rings. The third-order valence-electron chi connectivity index (χ3n) is 4.77. The zero-order valence-electron chi connectivity index (χ0n) is 16.6. The Morgan fingerprint density at radius 2 is 2.03 bits per heavy atom. The van der Waals surface area contributed by atoms with E-state index in [4.69, 9.17) is 9.26 Å². The van der Waals surface area contributed by atoms with Gasteiger partial charge in [-0.1, -0.05) is 42.4 Å². The summed E-state index contributed by atoms with van der Waals surface area (Å²) in [7, 11) is 0. The van der Waals surface area contributed by atoms with Gasteiger partial charge in [0.2, 0.25) is 5.82 Å². The molecule has 1 N–H and O–H groups in total. The van der Waals surface area contributed by atoms with E-state index >= 15 is 0 Å². The molecule has 1 aromatic heterocycles. The predicted molar refractivity (Wildman–Crippen MR) is 110 cm³/mol. The van der Waals surface area contributed by atoms with Crippen LogP contribution in [0.1, 0.15) is 29.6 Å². The first-order valence-corrected chi connectivity index (χ1v) is 9.89. The molecule has 0 bridgehead atoms. The third-order valence-corrected chi connectivity index (χ3v) is 4.77. The van der Waals surface area contributed by atoms with E-state index in [-0.39, 0.29) is 24.2 Å². The Morgan fingerprint density at radius 1 is 1.20 bits per heavy atom. The molecule has 2 heterocycles. The van der Waals surface area contributed by atoms with Gasteiger partial charge in [-0.15, -0.1) is 0 Å². The molecule has 1 aliphatic rings. The molecule has 30 heavy (non-hydrogen) atoms. The highest BCUT2D eigenvalue weighted by atomic mass is 16.5. The highest BCUT2D eigenvalue weighted by Crippen LogP contribution is 2.35. The number of nitrogens with zero attached hydrogens (tertiary/aromatic N) is 3. The summed E-state index contributed by atoms with van der Waals surface area (Å²) >= 11 is 0. The minimum atomic E-state index is -0.418. The number of carbonyl (C=O) groups is 2. The monoisotopic (exact) mass is 406 g/mol. The lowest BCUT2D eigenvalue weighted by Gasteiger charge is -2.29. The number of hydrogen-bond donors (Lipinski definition) is 1. The van der Waals surface area contributed by atoms with E-state index in [9.17, 15) is 9.59 Å². The number of anilines is 1. The van der Waals surface area contributed by atoms with Crippen molar-refractivity contribution in [1.82, 2.24) is 15.5 Å². The van der Waals surface area contributed by atoms with Gasteiger partial charge in [0.05, 0.1) is 5.69 Å². The van der Waals surface area contributed by atoms with Crippen LogP contribution in [0, 0.1) is 0 Å². The fourth-order valence-corrected chi connectivity index (χ4v) is 3.29. The Hall–Kier alpha value is -3.68. The minimum Gasteiger partial charge on any atom is -0.482 e. The molecule has 0 spiro atoms. The zero-order chi connectivity index (χ0) is 20.9. The van der Waals surface area contributed by atoms with Crippen LogP contribution in [0.15, 0.2) is 53.1 Å². The number of carbonyl (C=O) groups excluding carboxylic acids is 2. The number of ether oxygens (including phenoxy) is 1. The summed E-state index contributed by atoms with van der Waals surface area (Å²) in [6.45, 7) is 3.11. The summed E-state index contributed by atoms with van der Waals surface area (Å²) in [5.74, 6) is 0.289. The highest BCUT2D eigenvalue weighted by Gasteiger charge is 2.26. The summed E-state index contributed by atoms with van der Waals surface area (Å²) in [6, 6.07) is 15.2. The van der Waals surface area contributed by atoms with E-state index < -0.39 is 5.91 Å². The molecule has 0 atom stereocenters. The van der Waals surface area contributed by atoms with Gasteiger partial charge < -0.3 is 19.5 Å². The van der Waals surface area contributed by atoms with Gasteiger partial charge in [-0.2, -0.15) is 4.98 Å². The number of nitrogens with one attached hydrogen (secondary N) is 1. The molecule has 0 saturated heterocycles. The predicted octanol–water partition coefficient (Wildman–Crippen LogP) is 2.84. The normalized spacial score (nSPS) is 13.0. The minimum absolute atomic E-state index is 0.00221. The lowest BCUT2D eigenvalue weighted by molar-refractivity contribution is -0.121. The lowest BCUT2D eigenvalue weighted by atomic mass is 10.1. The third kappa shape index (κ3) is 4.17. The van der Waals surface area contributed by atoms with Crippen LogP contribution in [0.2, 0.25) is 0 Å². The maximum absolute atomic E-state index is 12.3. The van der Waals surface area contributed by atoms with E-state index in [0.29, 0.717) is 30.8 Å². The molecule has 4 rings (SSSR count). The number of fused-ring (bicyclic) bond motifs is 1. The summed E-state index contributed by atoms with van der Waals surface area (Å²) in [5, 5.41) is 6.69. The highest BCUT2D eigenvalue weighted by molar-refractivity contribution is 5.98. The first-order valence-electron chi connectivity index (χ1n) is 9.89. The average molecular weight is 406 g/mol. The van der Waals surface area contributed by atoms with Gasteiger partial charge in [0.1, 0.15) is 5.75 Å². The van der Waals surface area contributed by atoms with Crippen LogP contribution in [0.5, 0.6) is 5.75 Å². The summed E-state index contributed by atoms with van der Waals surface area (Å²) in [6.07, 6.45) is 1.56. The van der Waals surface area contributed by atoms with Crippen molar-refractivity contribution >= 4 is 17.5 Å². The molecule has 8 heteroatoms. The number of benzene rings is 2. The largest absolute Gasteiger partial charge is 0.482 e. The van der Waals surface area contributed by atoms with Gasteiger partial charge in [0.15, 0.2) is 6.61 Å². The molecule has 8 nitrogen and oxygen atoms in total. The van der Waals surface area contributed by atoms with Crippen LogP contribution in [-0.2, 0) is 11.2 Å². The fraction of sp³-hybridized carbons (Fsp3) is 0.273. The van der Waals surface area contributed by atoms with Crippen LogP contribution in [-0.4, -0.2) is 41.7 Å². The van der Waals surface area contributed by atoms with Crippen molar-refractivity contribution < 1.29 is 18.8 Å². The van der Waals surface area contributed by atoms with Crippen LogP contribution >= 0.6 is 0 Å². The molecule has 0 saturated carbocycles. The maximum Gasteiger partial charge on any atom is 0.316 e.